The van der Waals surface area contributed by atoms with Crippen LogP contribution in [0.4, 0.5) is 13.2 Å². The largest absolute Gasteiger partial charge is 0.406 e. The normalized spacial score (nSPS) is 25.0. The van der Waals surface area contributed by atoms with Gasteiger partial charge in [-0.05, 0) is 32.7 Å². The van der Waals surface area contributed by atoms with Gasteiger partial charge < -0.3 is 10.2 Å². The van der Waals surface area contributed by atoms with E-state index in [0.29, 0.717) is 19.4 Å². The van der Waals surface area contributed by atoms with Crippen LogP contribution >= 0.6 is 0 Å². The van der Waals surface area contributed by atoms with Crippen LogP contribution in [0.5, 0.6) is 0 Å². The molecule has 1 fully saturated rings. The van der Waals surface area contributed by atoms with Crippen LogP contribution in [0, 0.1) is 0 Å². The lowest BCUT2D eigenvalue weighted by Gasteiger charge is -2.32. The summed E-state index contributed by atoms with van der Waals surface area (Å²) in [6, 6.07) is 0. The minimum absolute atomic E-state index is 0.148. The van der Waals surface area contributed by atoms with Crippen LogP contribution in [-0.2, 0) is 4.79 Å². The van der Waals surface area contributed by atoms with Crippen molar-refractivity contribution in [2.24, 2.45) is 0 Å². The molecule has 1 unspecified atom stereocenters. The first-order valence-corrected chi connectivity index (χ1v) is 5.89. The van der Waals surface area contributed by atoms with Crippen LogP contribution in [-0.4, -0.2) is 42.2 Å². The minimum atomic E-state index is -4.33. The van der Waals surface area contributed by atoms with Crippen molar-refractivity contribution in [2.75, 3.05) is 19.6 Å². The number of hydrogen-bond donors (Lipinski definition) is 1. The second kappa shape index (κ2) is 5.25. The molecule has 0 radical (unpaired) electrons. The molecule has 0 aromatic heterocycles. The van der Waals surface area contributed by atoms with Gasteiger partial charge in [-0.15, -0.1) is 0 Å². The first kappa shape index (κ1) is 14.3. The fourth-order valence-electron chi connectivity index (χ4n) is 2.16. The van der Waals surface area contributed by atoms with Gasteiger partial charge in [0.05, 0.1) is 5.54 Å². The van der Waals surface area contributed by atoms with Gasteiger partial charge >= 0.3 is 6.18 Å². The van der Waals surface area contributed by atoms with Crippen LogP contribution in [0.3, 0.4) is 0 Å². The van der Waals surface area contributed by atoms with Crippen LogP contribution in [0.1, 0.15) is 33.1 Å². The zero-order chi connectivity index (χ0) is 13.1. The summed E-state index contributed by atoms with van der Waals surface area (Å²) >= 11 is 0. The molecule has 1 aliphatic rings. The van der Waals surface area contributed by atoms with Crippen LogP contribution in [0.2, 0.25) is 0 Å². The Kier molecular flexibility index (Phi) is 4.41. The van der Waals surface area contributed by atoms with Crippen molar-refractivity contribution in [3.05, 3.63) is 0 Å². The van der Waals surface area contributed by atoms with Gasteiger partial charge in [0, 0.05) is 6.54 Å². The number of nitrogens with one attached hydrogen (secondary N) is 1. The highest BCUT2D eigenvalue weighted by Gasteiger charge is 2.42. The molecule has 100 valence electrons. The van der Waals surface area contributed by atoms with Gasteiger partial charge in [0.15, 0.2) is 0 Å². The van der Waals surface area contributed by atoms with Crippen molar-refractivity contribution in [3.63, 3.8) is 0 Å². The Morgan fingerprint density at radius 1 is 1.47 bits per heavy atom. The average molecular weight is 252 g/mol. The summed E-state index contributed by atoms with van der Waals surface area (Å²) in [6.07, 6.45) is -2.38. The summed E-state index contributed by atoms with van der Waals surface area (Å²) in [5.74, 6) is -0.436. The van der Waals surface area contributed by atoms with Crippen molar-refractivity contribution in [1.29, 1.82) is 0 Å². The molecule has 0 saturated carbocycles. The predicted molar refractivity (Wildman–Crippen MR) is 58.6 cm³/mol. The molecule has 1 N–H and O–H groups in total. The Morgan fingerprint density at radius 3 is 2.53 bits per heavy atom. The Labute approximate surface area is 99.4 Å². The van der Waals surface area contributed by atoms with E-state index in [0.717, 1.165) is 11.3 Å². The molecule has 0 bridgehead atoms. The van der Waals surface area contributed by atoms with Gasteiger partial charge in [0.25, 0.3) is 0 Å². The molecule has 1 saturated heterocycles. The van der Waals surface area contributed by atoms with E-state index in [1.165, 1.54) is 0 Å². The average Bonchev–Trinajstić information content (AvgIpc) is 2.63. The highest BCUT2D eigenvalue weighted by atomic mass is 19.4. The van der Waals surface area contributed by atoms with Gasteiger partial charge in [-0.1, -0.05) is 6.92 Å². The maximum atomic E-state index is 12.4. The summed E-state index contributed by atoms with van der Waals surface area (Å²) in [4.78, 5) is 13.0. The van der Waals surface area contributed by atoms with Gasteiger partial charge in [-0.3, -0.25) is 4.79 Å². The Morgan fingerprint density at radius 2 is 2.12 bits per heavy atom. The summed E-state index contributed by atoms with van der Waals surface area (Å²) in [5.41, 5.74) is -0.819. The monoisotopic (exact) mass is 252 g/mol. The Bertz CT molecular complexity index is 272. The molecule has 1 atom stereocenters. The number of halogens is 3. The van der Waals surface area contributed by atoms with E-state index in [-0.39, 0.29) is 6.54 Å². The number of alkyl halides is 3. The first-order chi connectivity index (χ1) is 7.78. The van der Waals surface area contributed by atoms with Crippen LogP contribution < -0.4 is 5.32 Å². The maximum Gasteiger partial charge on any atom is 0.406 e. The van der Waals surface area contributed by atoms with E-state index in [1.807, 2.05) is 0 Å². The first-order valence-electron chi connectivity index (χ1n) is 5.89. The van der Waals surface area contributed by atoms with E-state index in [1.54, 1.807) is 13.8 Å². The van der Waals surface area contributed by atoms with Crippen molar-refractivity contribution in [2.45, 2.75) is 44.8 Å². The number of nitrogens with zero attached hydrogens (tertiary/aromatic N) is 1. The third-order valence-corrected chi connectivity index (χ3v) is 2.99. The molecule has 17 heavy (non-hydrogen) atoms. The van der Waals surface area contributed by atoms with Crippen LogP contribution in [0.25, 0.3) is 0 Å². The number of amides is 1. The molecule has 0 aromatic rings. The van der Waals surface area contributed by atoms with E-state index >= 15 is 0 Å². The van der Waals surface area contributed by atoms with Crippen molar-refractivity contribution >= 4 is 5.91 Å². The molecule has 6 heteroatoms. The smallest absolute Gasteiger partial charge is 0.332 e. The summed E-state index contributed by atoms with van der Waals surface area (Å²) < 4.78 is 37.2. The third-order valence-electron chi connectivity index (χ3n) is 2.99. The van der Waals surface area contributed by atoms with Crippen molar-refractivity contribution < 1.29 is 18.0 Å². The molecule has 1 aliphatic heterocycles. The lowest BCUT2D eigenvalue weighted by Crippen LogP contribution is -2.54. The fourth-order valence-corrected chi connectivity index (χ4v) is 2.16. The van der Waals surface area contributed by atoms with E-state index in [9.17, 15) is 18.0 Å². The van der Waals surface area contributed by atoms with Gasteiger partial charge in [0.2, 0.25) is 5.91 Å². The predicted octanol–water partition coefficient (Wildman–Crippen LogP) is 1.93. The summed E-state index contributed by atoms with van der Waals surface area (Å²) in [6.45, 7) is 3.13. The fraction of sp³-hybridized carbons (Fsp3) is 0.909. The maximum absolute atomic E-state index is 12.4. The molecule has 1 rings (SSSR count). The Balaban J connectivity index is 2.72. The number of carbonyl (C=O) groups is 1. The lowest BCUT2D eigenvalue weighted by molar-refractivity contribution is -0.164. The lowest BCUT2D eigenvalue weighted by atomic mass is 9.98. The number of carbonyl (C=O) groups excluding carboxylic acids is 1. The number of hydrogen-bond acceptors (Lipinski definition) is 2. The van der Waals surface area contributed by atoms with Crippen LogP contribution in [0.15, 0.2) is 0 Å². The van der Waals surface area contributed by atoms with Gasteiger partial charge in [-0.2, -0.15) is 13.2 Å². The zero-order valence-corrected chi connectivity index (χ0v) is 10.2. The molecule has 0 aromatic carbocycles. The highest BCUT2D eigenvalue weighted by molar-refractivity contribution is 5.86. The second-order valence-electron chi connectivity index (χ2n) is 4.70. The second-order valence-corrected chi connectivity index (χ2v) is 4.70. The molecular formula is C11H19F3N2O. The zero-order valence-electron chi connectivity index (χ0n) is 10.2. The standard InChI is InChI=1S/C11H19F3N2O/c1-3-7-16(8-11(12,13)14)9(17)10(2)5-4-6-15-10/h15H,3-8H2,1-2H3. The van der Waals surface area contributed by atoms with Crippen molar-refractivity contribution in [1.82, 2.24) is 10.2 Å². The highest BCUT2D eigenvalue weighted by Crippen LogP contribution is 2.24. The quantitative estimate of drug-likeness (QED) is 0.829. The summed E-state index contributed by atoms with van der Waals surface area (Å²) in [7, 11) is 0. The molecule has 0 aliphatic carbocycles. The molecule has 0 spiro atoms. The minimum Gasteiger partial charge on any atom is -0.332 e. The number of rotatable bonds is 4. The van der Waals surface area contributed by atoms with E-state index in [2.05, 4.69) is 5.32 Å². The third kappa shape index (κ3) is 3.87. The molecule has 1 amide bonds. The van der Waals surface area contributed by atoms with Gasteiger partial charge in [0.1, 0.15) is 6.54 Å². The molecule has 1 heterocycles. The van der Waals surface area contributed by atoms with E-state index < -0.39 is 24.2 Å². The molecular weight excluding hydrogens is 233 g/mol. The Hall–Kier alpha value is -0.780. The molecule has 3 nitrogen and oxygen atoms in total. The summed E-state index contributed by atoms with van der Waals surface area (Å²) in [5, 5.41) is 3.00. The van der Waals surface area contributed by atoms with Gasteiger partial charge in [-0.25, -0.2) is 0 Å². The SMILES string of the molecule is CCCN(CC(F)(F)F)C(=O)C1(C)CCCN1. The van der Waals surface area contributed by atoms with Crippen molar-refractivity contribution in [3.8, 4) is 0 Å². The van der Waals surface area contributed by atoms with E-state index in [4.69, 9.17) is 0 Å². The topological polar surface area (TPSA) is 32.3 Å².